The Morgan fingerprint density at radius 2 is 1.49 bits per heavy atom. The van der Waals surface area contributed by atoms with Gasteiger partial charge >= 0.3 is 0 Å². The van der Waals surface area contributed by atoms with Gasteiger partial charge in [-0.05, 0) is 57.0 Å². The third kappa shape index (κ3) is 3.22. The molecule has 3 aromatic carbocycles. The van der Waals surface area contributed by atoms with Gasteiger partial charge in [0.05, 0.1) is 6.21 Å². The van der Waals surface area contributed by atoms with Crippen LogP contribution in [0, 0.1) is 13.8 Å². The van der Waals surface area contributed by atoms with Crippen molar-refractivity contribution in [2.45, 2.75) is 33.2 Å². The van der Waals surface area contributed by atoms with E-state index in [9.17, 15) is 9.59 Å². The van der Waals surface area contributed by atoms with Gasteiger partial charge in [-0.25, -0.2) is 5.01 Å². The monoisotopic (exact) mass is 468 g/mol. The van der Waals surface area contributed by atoms with Gasteiger partial charge in [0.15, 0.2) is 6.29 Å². The Hall–Kier alpha value is -4.13. The van der Waals surface area contributed by atoms with Crippen molar-refractivity contribution >= 4 is 29.8 Å². The van der Waals surface area contributed by atoms with Crippen molar-refractivity contribution in [3.05, 3.63) is 81.9 Å². The average molecular weight is 469 g/mol. The highest BCUT2D eigenvalue weighted by Gasteiger charge is 2.57. The summed E-state index contributed by atoms with van der Waals surface area (Å²) in [6.45, 7) is 9.68. The molecular weight excluding hydrogens is 440 g/mol. The van der Waals surface area contributed by atoms with Crippen LogP contribution >= 0.6 is 0 Å². The molecule has 35 heavy (non-hydrogen) atoms. The van der Waals surface area contributed by atoms with Crippen LogP contribution in [0.5, 0.6) is 11.5 Å². The van der Waals surface area contributed by atoms with Crippen LogP contribution in [0.25, 0.3) is 0 Å². The first-order valence-electron chi connectivity index (χ1n) is 11.8. The number of aldehydes is 1. The Kier molecular flexibility index (Phi) is 5.55. The van der Waals surface area contributed by atoms with Crippen LogP contribution in [0.3, 0.4) is 0 Å². The highest BCUT2D eigenvalue weighted by Crippen LogP contribution is 2.58. The molecule has 0 aromatic heterocycles. The zero-order valence-corrected chi connectivity index (χ0v) is 20.3. The van der Waals surface area contributed by atoms with E-state index in [-0.39, 0.29) is 5.91 Å². The maximum absolute atomic E-state index is 13.7. The van der Waals surface area contributed by atoms with Crippen LogP contribution in [-0.2, 0) is 10.3 Å². The van der Waals surface area contributed by atoms with Gasteiger partial charge in [0.1, 0.15) is 17.0 Å². The van der Waals surface area contributed by atoms with Crippen LogP contribution < -0.4 is 15.4 Å². The van der Waals surface area contributed by atoms with E-state index < -0.39 is 5.54 Å². The van der Waals surface area contributed by atoms with E-state index in [4.69, 9.17) is 4.74 Å². The molecule has 2 aliphatic rings. The van der Waals surface area contributed by atoms with Crippen molar-refractivity contribution in [2.24, 2.45) is 5.10 Å². The second-order valence-corrected chi connectivity index (χ2v) is 8.76. The quantitative estimate of drug-likeness (QED) is 0.384. The first-order valence-corrected chi connectivity index (χ1v) is 11.8. The van der Waals surface area contributed by atoms with Gasteiger partial charge in [0.25, 0.3) is 5.91 Å². The third-order valence-corrected chi connectivity index (χ3v) is 6.69. The molecule has 0 fully saturated rings. The van der Waals surface area contributed by atoms with E-state index in [2.05, 4.69) is 27.9 Å². The maximum atomic E-state index is 13.7. The minimum Gasteiger partial charge on any atom is -0.456 e. The lowest BCUT2D eigenvalue weighted by Crippen LogP contribution is -2.44. The predicted octanol–water partition coefficient (Wildman–Crippen LogP) is 5.21. The normalized spacial score (nSPS) is 15.0. The number of anilines is 2. The average Bonchev–Trinajstić information content (AvgIpc) is 3.09. The van der Waals surface area contributed by atoms with Crippen molar-refractivity contribution in [3.63, 3.8) is 0 Å². The Bertz CT molecular complexity index is 1320. The largest absolute Gasteiger partial charge is 0.456 e. The summed E-state index contributed by atoms with van der Waals surface area (Å²) in [4.78, 5) is 25.1. The molecule has 1 amide bonds. The Morgan fingerprint density at radius 1 is 0.914 bits per heavy atom. The third-order valence-electron chi connectivity index (χ3n) is 6.69. The molecule has 0 unspecified atom stereocenters. The number of hydrazone groups is 1. The van der Waals surface area contributed by atoms with Crippen LogP contribution in [0.15, 0.2) is 53.6 Å². The summed E-state index contributed by atoms with van der Waals surface area (Å²) in [7, 11) is 0. The molecule has 0 atom stereocenters. The zero-order valence-electron chi connectivity index (χ0n) is 20.3. The number of carbonyl (C=O) groups is 2. The fourth-order valence-corrected chi connectivity index (χ4v) is 5.25. The van der Waals surface area contributed by atoms with E-state index in [0.29, 0.717) is 23.3 Å². The van der Waals surface area contributed by atoms with Gasteiger partial charge in [-0.2, -0.15) is 5.10 Å². The molecule has 7 nitrogen and oxygen atoms in total. The topological polar surface area (TPSA) is 83.0 Å². The minimum atomic E-state index is -1.08. The van der Waals surface area contributed by atoms with E-state index in [1.54, 1.807) is 0 Å². The zero-order chi connectivity index (χ0) is 24.7. The highest BCUT2D eigenvalue weighted by molar-refractivity contribution is 6.13. The highest BCUT2D eigenvalue weighted by atomic mass is 16.5. The minimum absolute atomic E-state index is 0.265. The first kappa shape index (κ1) is 22.7. The van der Waals surface area contributed by atoms with Crippen molar-refractivity contribution in [1.82, 2.24) is 5.01 Å². The molecule has 0 aliphatic carbocycles. The van der Waals surface area contributed by atoms with Gasteiger partial charge in [-0.1, -0.05) is 18.2 Å². The number of amides is 1. The fourth-order valence-electron chi connectivity index (χ4n) is 5.25. The summed E-state index contributed by atoms with van der Waals surface area (Å²) in [5.41, 5.74) is 5.86. The number of hydrogen-bond donors (Lipinski definition) is 2. The van der Waals surface area contributed by atoms with Crippen molar-refractivity contribution in [2.75, 3.05) is 23.7 Å². The SMILES string of the molecule is CCNc1cc2c(cc1C)C1(c3cc(C)c(NCC)cc3O2)c2ccccc2C(=O)N1/N=C/C=O. The summed E-state index contributed by atoms with van der Waals surface area (Å²) in [6.07, 6.45) is 1.71. The number of carbonyl (C=O) groups excluding carboxylic acids is 2. The molecule has 1 spiro atoms. The molecule has 2 aliphatic heterocycles. The van der Waals surface area contributed by atoms with Crippen LogP contribution in [0.4, 0.5) is 11.4 Å². The number of hydrogen-bond acceptors (Lipinski definition) is 6. The van der Waals surface area contributed by atoms with Crippen LogP contribution in [0.1, 0.15) is 52.0 Å². The Labute approximate surface area is 204 Å². The summed E-state index contributed by atoms with van der Waals surface area (Å²) < 4.78 is 6.51. The number of fused-ring (bicyclic) bond motifs is 6. The number of rotatable bonds is 6. The van der Waals surface area contributed by atoms with Crippen molar-refractivity contribution in [3.8, 4) is 11.5 Å². The van der Waals surface area contributed by atoms with E-state index in [1.165, 1.54) is 5.01 Å². The molecule has 0 bridgehead atoms. The molecule has 7 heteroatoms. The van der Waals surface area contributed by atoms with Gasteiger partial charge < -0.3 is 15.4 Å². The molecule has 2 heterocycles. The first-order chi connectivity index (χ1) is 17.0. The summed E-state index contributed by atoms with van der Waals surface area (Å²) in [6, 6.07) is 15.6. The lowest BCUT2D eigenvalue weighted by atomic mass is 9.74. The van der Waals surface area contributed by atoms with E-state index in [0.717, 1.165) is 58.5 Å². The van der Waals surface area contributed by atoms with Crippen molar-refractivity contribution < 1.29 is 14.3 Å². The molecular formula is C28H28N4O3. The summed E-state index contributed by atoms with van der Waals surface area (Å²) >= 11 is 0. The smallest absolute Gasteiger partial charge is 0.275 e. The molecule has 178 valence electrons. The predicted molar refractivity (Wildman–Crippen MR) is 138 cm³/mol. The molecule has 2 N–H and O–H groups in total. The molecule has 0 saturated heterocycles. The van der Waals surface area contributed by atoms with Crippen LogP contribution in [0.2, 0.25) is 0 Å². The fraction of sp³-hybridized carbons (Fsp3) is 0.250. The second kappa shape index (κ2) is 8.58. The standard InChI is InChI=1S/C28H28N4O3/c1-5-29-23-15-25-21(13-17(23)3)28(22-14-18(4)24(30-6-2)16-26(22)35-25)20-10-8-7-9-19(20)27(34)32(28)31-11-12-33/h7-16,29-30H,5-6H2,1-4H3/b31-11+. The van der Waals surface area contributed by atoms with Gasteiger partial charge in [-0.15, -0.1) is 0 Å². The summed E-state index contributed by atoms with van der Waals surface area (Å²) in [5, 5.41) is 12.6. The van der Waals surface area contributed by atoms with E-state index in [1.807, 2.05) is 64.1 Å². The lowest BCUT2D eigenvalue weighted by Gasteiger charge is -2.42. The number of ether oxygens (including phenoxy) is 1. The number of nitrogens with one attached hydrogen (secondary N) is 2. The number of nitrogens with zero attached hydrogens (tertiary/aromatic N) is 2. The number of benzene rings is 3. The van der Waals surface area contributed by atoms with Gasteiger partial charge in [0.2, 0.25) is 0 Å². The molecule has 3 aromatic rings. The van der Waals surface area contributed by atoms with Gasteiger partial charge in [-0.3, -0.25) is 9.59 Å². The molecule has 5 rings (SSSR count). The number of aryl methyl sites for hydroxylation is 2. The van der Waals surface area contributed by atoms with Crippen LogP contribution in [-0.4, -0.2) is 36.5 Å². The maximum Gasteiger partial charge on any atom is 0.275 e. The van der Waals surface area contributed by atoms with Crippen molar-refractivity contribution in [1.29, 1.82) is 0 Å². The van der Waals surface area contributed by atoms with Gasteiger partial charge in [0, 0.05) is 58.9 Å². The lowest BCUT2D eigenvalue weighted by molar-refractivity contribution is -0.102. The Morgan fingerprint density at radius 3 is 2.03 bits per heavy atom. The molecule has 0 saturated carbocycles. The Balaban J connectivity index is 1.91. The molecule has 0 radical (unpaired) electrons. The summed E-state index contributed by atoms with van der Waals surface area (Å²) in [5.74, 6) is 1.02. The van der Waals surface area contributed by atoms with E-state index >= 15 is 0 Å². The second-order valence-electron chi connectivity index (χ2n) is 8.76.